The molecule has 0 atom stereocenters. The van der Waals surface area contributed by atoms with Crippen molar-refractivity contribution in [3.8, 4) is 0 Å². The van der Waals surface area contributed by atoms with Crippen molar-refractivity contribution in [1.82, 2.24) is 9.80 Å². The molecule has 0 bridgehead atoms. The molecule has 2 aliphatic carbocycles. The molecule has 4 heteroatoms. The number of piperazine rings is 1. The minimum absolute atomic E-state index is 0. The van der Waals surface area contributed by atoms with Crippen LogP contribution < -0.4 is 0 Å². The standard InChI is InChI=1S/C19H28N2.2ClH/c1-20-10-12-21(13-11-20)9-8-19-17-6-2-4-15(17)14-16-5-3-7-18(16)19;;/h14H,2-13H2,1H3;2*1H. The van der Waals surface area contributed by atoms with Gasteiger partial charge in [0.2, 0.25) is 0 Å². The monoisotopic (exact) mass is 356 g/mol. The third kappa shape index (κ3) is 3.87. The molecule has 1 aromatic rings. The summed E-state index contributed by atoms with van der Waals surface area (Å²) in [6.45, 7) is 6.27. The summed E-state index contributed by atoms with van der Waals surface area (Å²) in [4.78, 5) is 5.13. The average Bonchev–Trinajstić information content (AvgIpc) is 3.13. The van der Waals surface area contributed by atoms with E-state index < -0.39 is 0 Å². The van der Waals surface area contributed by atoms with E-state index in [1.54, 1.807) is 27.8 Å². The van der Waals surface area contributed by atoms with Crippen LogP contribution in [0.15, 0.2) is 6.07 Å². The maximum Gasteiger partial charge on any atom is 0.0110 e. The third-order valence-electron chi connectivity index (χ3n) is 5.87. The van der Waals surface area contributed by atoms with Crippen LogP contribution in [0.4, 0.5) is 0 Å². The van der Waals surface area contributed by atoms with E-state index in [-0.39, 0.29) is 24.8 Å². The van der Waals surface area contributed by atoms with Crippen LogP contribution in [0.2, 0.25) is 0 Å². The fourth-order valence-electron chi connectivity index (χ4n) is 4.58. The van der Waals surface area contributed by atoms with Crippen molar-refractivity contribution >= 4 is 24.8 Å². The zero-order chi connectivity index (χ0) is 14.2. The smallest absolute Gasteiger partial charge is 0.0110 e. The van der Waals surface area contributed by atoms with Crippen molar-refractivity contribution < 1.29 is 0 Å². The van der Waals surface area contributed by atoms with Gasteiger partial charge in [0.05, 0.1) is 0 Å². The summed E-state index contributed by atoms with van der Waals surface area (Å²) in [5.41, 5.74) is 8.68. The summed E-state index contributed by atoms with van der Waals surface area (Å²) in [6, 6.07) is 2.56. The van der Waals surface area contributed by atoms with Crippen molar-refractivity contribution in [1.29, 1.82) is 0 Å². The Balaban J connectivity index is 0.000000960. The second-order valence-electron chi connectivity index (χ2n) is 7.23. The lowest BCUT2D eigenvalue weighted by Gasteiger charge is -2.32. The Kier molecular flexibility index (Phi) is 6.79. The van der Waals surface area contributed by atoms with Gasteiger partial charge in [-0.05, 0) is 79.8 Å². The molecule has 1 saturated heterocycles. The van der Waals surface area contributed by atoms with Crippen LogP contribution >= 0.6 is 24.8 Å². The first-order valence-electron chi connectivity index (χ1n) is 8.87. The highest BCUT2D eigenvalue weighted by Crippen LogP contribution is 2.35. The molecule has 2 nitrogen and oxygen atoms in total. The largest absolute Gasteiger partial charge is 0.304 e. The Hall–Kier alpha value is -0.280. The van der Waals surface area contributed by atoms with Gasteiger partial charge in [0.25, 0.3) is 0 Å². The van der Waals surface area contributed by atoms with E-state index in [2.05, 4.69) is 22.9 Å². The van der Waals surface area contributed by atoms with Gasteiger partial charge in [-0.25, -0.2) is 0 Å². The van der Waals surface area contributed by atoms with Gasteiger partial charge in [0.1, 0.15) is 0 Å². The maximum atomic E-state index is 2.68. The predicted octanol–water partition coefficient (Wildman–Crippen LogP) is 3.30. The van der Waals surface area contributed by atoms with E-state index in [4.69, 9.17) is 0 Å². The molecular formula is C19H30Cl2N2. The molecule has 0 saturated carbocycles. The van der Waals surface area contributed by atoms with E-state index in [0.717, 1.165) is 0 Å². The number of likely N-dealkylation sites (N-methyl/N-ethyl adjacent to an activating group) is 1. The van der Waals surface area contributed by atoms with E-state index in [9.17, 15) is 0 Å². The summed E-state index contributed by atoms with van der Waals surface area (Å²) in [5.74, 6) is 0. The number of fused-ring (bicyclic) bond motifs is 2. The zero-order valence-corrected chi connectivity index (χ0v) is 15.9. The lowest BCUT2D eigenvalue weighted by molar-refractivity contribution is 0.155. The van der Waals surface area contributed by atoms with Crippen LogP contribution in [0.1, 0.15) is 40.7 Å². The number of aryl methyl sites for hydroxylation is 2. The Morgan fingerprint density at radius 2 is 1.39 bits per heavy atom. The Morgan fingerprint density at radius 3 is 1.96 bits per heavy atom. The maximum absolute atomic E-state index is 2.68. The van der Waals surface area contributed by atoms with Crippen LogP contribution in [0.5, 0.6) is 0 Å². The minimum atomic E-state index is 0. The average molecular weight is 357 g/mol. The molecule has 0 aromatic heterocycles. The van der Waals surface area contributed by atoms with Gasteiger partial charge < -0.3 is 9.80 Å². The van der Waals surface area contributed by atoms with Crippen molar-refractivity contribution in [2.45, 2.75) is 44.9 Å². The van der Waals surface area contributed by atoms with E-state index in [1.807, 2.05) is 0 Å². The number of nitrogens with zero attached hydrogens (tertiary/aromatic N) is 2. The molecule has 1 fully saturated rings. The number of rotatable bonds is 3. The van der Waals surface area contributed by atoms with E-state index in [1.165, 1.54) is 77.7 Å². The first kappa shape index (κ1) is 19.1. The first-order valence-corrected chi connectivity index (χ1v) is 8.87. The van der Waals surface area contributed by atoms with Crippen molar-refractivity contribution in [3.05, 3.63) is 33.9 Å². The Labute approximate surface area is 153 Å². The van der Waals surface area contributed by atoms with Gasteiger partial charge in [-0.3, -0.25) is 0 Å². The summed E-state index contributed by atoms with van der Waals surface area (Å²) in [5, 5.41) is 0. The van der Waals surface area contributed by atoms with Gasteiger partial charge in [0.15, 0.2) is 0 Å². The van der Waals surface area contributed by atoms with E-state index in [0.29, 0.717) is 0 Å². The minimum Gasteiger partial charge on any atom is -0.304 e. The summed E-state index contributed by atoms with van der Waals surface area (Å²) in [7, 11) is 2.24. The molecular weight excluding hydrogens is 327 g/mol. The number of hydrogen-bond donors (Lipinski definition) is 0. The molecule has 3 aliphatic rings. The second-order valence-corrected chi connectivity index (χ2v) is 7.23. The molecule has 0 spiro atoms. The van der Waals surface area contributed by atoms with Crippen LogP contribution in [0.25, 0.3) is 0 Å². The van der Waals surface area contributed by atoms with Crippen molar-refractivity contribution in [3.63, 3.8) is 0 Å². The molecule has 0 N–H and O–H groups in total. The highest BCUT2D eigenvalue weighted by Gasteiger charge is 2.24. The fraction of sp³-hybridized carbons (Fsp3) is 0.684. The number of hydrogen-bond acceptors (Lipinski definition) is 2. The molecule has 0 amide bonds. The summed E-state index contributed by atoms with van der Waals surface area (Å²) >= 11 is 0. The Morgan fingerprint density at radius 1 is 0.826 bits per heavy atom. The normalized spacial score (nSPS) is 20.6. The highest BCUT2D eigenvalue weighted by atomic mass is 35.5. The van der Waals surface area contributed by atoms with Crippen LogP contribution in [0, 0.1) is 0 Å². The summed E-state index contributed by atoms with van der Waals surface area (Å²) < 4.78 is 0. The van der Waals surface area contributed by atoms with Crippen molar-refractivity contribution in [2.24, 2.45) is 0 Å². The molecule has 4 rings (SSSR count). The molecule has 1 aromatic carbocycles. The SMILES string of the molecule is CN1CCN(CCc2c3c(cc4c2CCC4)CCC3)CC1.Cl.Cl. The number of halogens is 2. The number of benzene rings is 1. The second kappa shape index (κ2) is 8.20. The molecule has 0 unspecified atom stereocenters. The van der Waals surface area contributed by atoms with Gasteiger partial charge in [-0.15, -0.1) is 24.8 Å². The van der Waals surface area contributed by atoms with Gasteiger partial charge >= 0.3 is 0 Å². The lowest BCUT2D eigenvalue weighted by Crippen LogP contribution is -2.45. The molecule has 1 aliphatic heterocycles. The predicted molar refractivity (Wildman–Crippen MR) is 103 cm³/mol. The van der Waals surface area contributed by atoms with Crippen molar-refractivity contribution in [2.75, 3.05) is 39.8 Å². The fourth-order valence-corrected chi connectivity index (χ4v) is 4.58. The van der Waals surface area contributed by atoms with Gasteiger partial charge in [0, 0.05) is 32.7 Å². The lowest BCUT2D eigenvalue weighted by atomic mass is 9.92. The van der Waals surface area contributed by atoms with Crippen LogP contribution in [-0.2, 0) is 32.1 Å². The first-order chi connectivity index (χ1) is 10.3. The summed E-state index contributed by atoms with van der Waals surface area (Å²) in [6.07, 6.45) is 9.45. The molecule has 0 radical (unpaired) electrons. The van der Waals surface area contributed by atoms with Gasteiger partial charge in [-0.1, -0.05) is 6.07 Å². The van der Waals surface area contributed by atoms with Crippen LogP contribution in [0.3, 0.4) is 0 Å². The highest BCUT2D eigenvalue weighted by molar-refractivity contribution is 5.85. The molecule has 1 heterocycles. The van der Waals surface area contributed by atoms with Gasteiger partial charge in [-0.2, -0.15) is 0 Å². The van der Waals surface area contributed by atoms with E-state index >= 15 is 0 Å². The molecule has 23 heavy (non-hydrogen) atoms. The third-order valence-corrected chi connectivity index (χ3v) is 5.87. The Bertz CT molecular complexity index is 504. The zero-order valence-electron chi connectivity index (χ0n) is 14.3. The topological polar surface area (TPSA) is 6.48 Å². The molecule has 130 valence electrons. The van der Waals surface area contributed by atoms with Crippen LogP contribution in [-0.4, -0.2) is 49.6 Å². The quantitative estimate of drug-likeness (QED) is 0.819.